The molecule has 0 aliphatic carbocycles. The van der Waals surface area contributed by atoms with Gasteiger partial charge in [-0.1, -0.05) is 6.07 Å². The van der Waals surface area contributed by atoms with Crippen LogP contribution in [-0.4, -0.2) is 30.9 Å². The summed E-state index contributed by atoms with van der Waals surface area (Å²) in [5, 5.41) is 11.2. The van der Waals surface area contributed by atoms with Crippen LogP contribution < -0.4 is 0 Å². The lowest BCUT2D eigenvalue weighted by Gasteiger charge is -2.23. The van der Waals surface area contributed by atoms with Crippen molar-refractivity contribution in [3.05, 3.63) is 38.9 Å². The Labute approximate surface area is 133 Å². The lowest BCUT2D eigenvalue weighted by Crippen LogP contribution is -2.35. The summed E-state index contributed by atoms with van der Waals surface area (Å²) < 4.78 is 27.0. The van der Waals surface area contributed by atoms with Crippen LogP contribution in [0.1, 0.15) is 22.2 Å². The summed E-state index contributed by atoms with van der Waals surface area (Å²) >= 11 is 2.78. The fourth-order valence-corrected chi connectivity index (χ4v) is 5.82. The highest BCUT2D eigenvalue weighted by molar-refractivity contribution is 7.91. The molecule has 0 saturated carbocycles. The number of aryl methyl sites for hydroxylation is 1. The summed E-state index contributed by atoms with van der Waals surface area (Å²) in [6.07, 6.45) is 0.699. The molecule has 7 heteroatoms. The second-order valence-electron chi connectivity index (χ2n) is 4.98. The molecule has 116 valence electrons. The fourth-order valence-electron chi connectivity index (χ4n) is 2.00. The van der Waals surface area contributed by atoms with Gasteiger partial charge in [-0.05, 0) is 43.3 Å². The molecule has 0 aliphatic heterocycles. The van der Waals surface area contributed by atoms with Gasteiger partial charge in [0.1, 0.15) is 4.21 Å². The predicted octanol–water partition coefficient (Wildman–Crippen LogP) is 2.86. The fraction of sp³-hybridized carbons (Fsp3) is 0.429. The molecular weight excluding hydrogens is 326 g/mol. The maximum Gasteiger partial charge on any atom is 0.252 e. The van der Waals surface area contributed by atoms with Gasteiger partial charge in [0.15, 0.2) is 0 Å². The zero-order valence-corrected chi connectivity index (χ0v) is 14.7. The van der Waals surface area contributed by atoms with Crippen molar-refractivity contribution >= 4 is 32.7 Å². The van der Waals surface area contributed by atoms with Crippen LogP contribution in [0.4, 0.5) is 0 Å². The van der Waals surface area contributed by atoms with E-state index in [1.165, 1.54) is 9.18 Å². The van der Waals surface area contributed by atoms with Crippen LogP contribution in [0.3, 0.4) is 0 Å². The number of likely N-dealkylation sites (N-methyl/N-ethyl adjacent to an activating group) is 1. The zero-order chi connectivity index (χ0) is 15.6. The van der Waals surface area contributed by atoms with Gasteiger partial charge in [-0.15, -0.1) is 22.7 Å². The molecular formula is C14H19NO3S3. The quantitative estimate of drug-likeness (QED) is 0.876. The molecule has 2 aromatic rings. The zero-order valence-electron chi connectivity index (χ0n) is 12.2. The molecule has 21 heavy (non-hydrogen) atoms. The van der Waals surface area contributed by atoms with Crippen molar-refractivity contribution in [3.63, 3.8) is 0 Å². The molecule has 1 unspecified atom stereocenters. The number of thiophene rings is 2. The maximum atomic E-state index is 12.6. The van der Waals surface area contributed by atoms with Crippen molar-refractivity contribution in [1.82, 2.24) is 4.31 Å². The topological polar surface area (TPSA) is 57.6 Å². The van der Waals surface area contributed by atoms with Gasteiger partial charge in [0, 0.05) is 22.8 Å². The van der Waals surface area contributed by atoms with Crippen LogP contribution in [-0.2, 0) is 23.1 Å². The molecule has 0 aromatic carbocycles. The molecule has 0 amide bonds. The second-order valence-corrected chi connectivity index (χ2v) is 9.38. The van der Waals surface area contributed by atoms with Crippen LogP contribution in [0, 0.1) is 6.92 Å². The number of sulfonamides is 1. The molecule has 0 fully saturated rings. The minimum Gasteiger partial charge on any atom is -0.391 e. The van der Waals surface area contributed by atoms with Gasteiger partial charge in [-0.25, -0.2) is 8.42 Å². The summed E-state index contributed by atoms with van der Waals surface area (Å²) in [5.74, 6) is 0. The molecule has 4 nitrogen and oxygen atoms in total. The van der Waals surface area contributed by atoms with E-state index in [9.17, 15) is 13.5 Å². The van der Waals surface area contributed by atoms with Crippen LogP contribution in [0.5, 0.6) is 0 Å². The molecule has 2 rings (SSSR count). The van der Waals surface area contributed by atoms with E-state index >= 15 is 0 Å². The molecule has 2 aromatic heterocycles. The van der Waals surface area contributed by atoms with Gasteiger partial charge >= 0.3 is 0 Å². The number of rotatable bonds is 6. The van der Waals surface area contributed by atoms with Gasteiger partial charge in [-0.2, -0.15) is 4.31 Å². The lowest BCUT2D eigenvalue weighted by molar-refractivity contribution is 0.285. The number of hydrogen-bond donors (Lipinski definition) is 1. The third kappa shape index (κ3) is 3.54. The Hall–Kier alpha value is -0.730. The molecule has 0 bridgehead atoms. The Morgan fingerprint density at radius 3 is 2.67 bits per heavy atom. The number of hydrogen-bond acceptors (Lipinski definition) is 5. The molecule has 1 N–H and O–H groups in total. The maximum absolute atomic E-state index is 12.6. The Morgan fingerprint density at radius 2 is 2.14 bits per heavy atom. The third-order valence-corrected chi connectivity index (χ3v) is 8.01. The van der Waals surface area contributed by atoms with Crippen LogP contribution in [0.2, 0.25) is 0 Å². The summed E-state index contributed by atoms with van der Waals surface area (Å²) in [7, 11) is -1.90. The van der Waals surface area contributed by atoms with Crippen molar-refractivity contribution in [2.45, 2.75) is 37.1 Å². The van der Waals surface area contributed by atoms with Crippen molar-refractivity contribution < 1.29 is 13.5 Å². The van der Waals surface area contributed by atoms with Gasteiger partial charge in [-0.3, -0.25) is 0 Å². The summed E-state index contributed by atoms with van der Waals surface area (Å²) in [6, 6.07) is 5.51. The monoisotopic (exact) mass is 345 g/mol. The lowest BCUT2D eigenvalue weighted by atomic mass is 10.2. The van der Waals surface area contributed by atoms with Crippen LogP contribution in [0.25, 0.3) is 0 Å². The standard InChI is InChI=1S/C14H19NO3S3/c1-10-7-14(20-13(10)9-16)21(17,18)15(3)11(2)8-12-5-4-6-19-12/h4-7,11,16H,8-9H2,1-3H3. The molecule has 0 aliphatic rings. The van der Waals surface area contributed by atoms with Crippen LogP contribution >= 0.6 is 22.7 Å². The molecule has 0 radical (unpaired) electrons. The van der Waals surface area contributed by atoms with E-state index in [2.05, 4.69) is 0 Å². The van der Waals surface area contributed by atoms with E-state index in [1.807, 2.05) is 31.4 Å². The van der Waals surface area contributed by atoms with Crippen molar-refractivity contribution in [2.24, 2.45) is 0 Å². The minimum atomic E-state index is -3.51. The average Bonchev–Trinajstić information content (AvgIpc) is 3.07. The highest BCUT2D eigenvalue weighted by atomic mass is 32.2. The van der Waals surface area contributed by atoms with E-state index in [1.54, 1.807) is 24.5 Å². The van der Waals surface area contributed by atoms with E-state index in [0.29, 0.717) is 15.5 Å². The molecule has 2 heterocycles. The minimum absolute atomic E-state index is 0.117. The van der Waals surface area contributed by atoms with Gasteiger partial charge in [0.2, 0.25) is 0 Å². The number of aliphatic hydroxyl groups is 1. The first-order chi connectivity index (χ1) is 9.86. The first-order valence-electron chi connectivity index (χ1n) is 6.57. The Kier molecular flexibility index (Phi) is 5.21. The SMILES string of the molecule is Cc1cc(S(=O)(=O)N(C)C(C)Cc2cccs2)sc1CO. The number of nitrogens with zero attached hydrogens (tertiary/aromatic N) is 1. The van der Waals surface area contributed by atoms with E-state index in [0.717, 1.165) is 16.9 Å². The van der Waals surface area contributed by atoms with Gasteiger partial charge in [0.05, 0.1) is 6.61 Å². The summed E-state index contributed by atoms with van der Waals surface area (Å²) in [5.41, 5.74) is 0.820. The van der Waals surface area contributed by atoms with E-state index in [4.69, 9.17) is 0 Å². The average molecular weight is 346 g/mol. The van der Waals surface area contributed by atoms with Crippen LogP contribution in [0.15, 0.2) is 27.8 Å². The van der Waals surface area contributed by atoms with Crippen molar-refractivity contribution in [3.8, 4) is 0 Å². The highest BCUT2D eigenvalue weighted by Gasteiger charge is 2.27. The molecule has 0 spiro atoms. The van der Waals surface area contributed by atoms with E-state index in [-0.39, 0.29) is 12.6 Å². The second kappa shape index (κ2) is 6.58. The largest absolute Gasteiger partial charge is 0.391 e. The smallest absolute Gasteiger partial charge is 0.252 e. The van der Waals surface area contributed by atoms with Crippen molar-refractivity contribution in [2.75, 3.05) is 7.05 Å². The Bertz CT molecular complexity index is 689. The van der Waals surface area contributed by atoms with Crippen molar-refractivity contribution in [1.29, 1.82) is 0 Å². The highest BCUT2D eigenvalue weighted by Crippen LogP contribution is 2.29. The first-order valence-corrected chi connectivity index (χ1v) is 9.70. The third-order valence-electron chi connectivity index (χ3n) is 3.47. The normalized spacial score (nSPS) is 13.8. The first kappa shape index (κ1) is 16.6. The number of aliphatic hydroxyl groups excluding tert-OH is 1. The Balaban J connectivity index is 2.21. The molecule has 0 saturated heterocycles. The van der Waals surface area contributed by atoms with Gasteiger partial charge < -0.3 is 5.11 Å². The Morgan fingerprint density at radius 1 is 1.43 bits per heavy atom. The van der Waals surface area contributed by atoms with Gasteiger partial charge in [0.25, 0.3) is 10.0 Å². The summed E-state index contributed by atoms with van der Waals surface area (Å²) in [6.45, 7) is 3.60. The molecule has 1 atom stereocenters. The van der Waals surface area contributed by atoms with E-state index < -0.39 is 10.0 Å². The predicted molar refractivity (Wildman–Crippen MR) is 87.4 cm³/mol. The summed E-state index contributed by atoms with van der Waals surface area (Å²) in [4.78, 5) is 1.87.